The molecule has 0 spiro atoms. The number of nitrogens with one attached hydrogen (secondary N) is 1. The third-order valence-electron chi connectivity index (χ3n) is 2.96. The largest absolute Gasteiger partial charge is 0.337 e. The summed E-state index contributed by atoms with van der Waals surface area (Å²) in [6.45, 7) is 1.90. The number of hydrogen-bond donors (Lipinski definition) is 2. The number of quaternary nitrogens is 2. The number of hydrogen-bond acceptors (Lipinski definition) is 0. The Hall–Kier alpha value is -0.930. The van der Waals surface area contributed by atoms with Gasteiger partial charge in [0.2, 0.25) is 0 Å². The predicted octanol–water partition coefficient (Wildman–Crippen LogP) is -0.912. The van der Waals surface area contributed by atoms with Crippen molar-refractivity contribution in [3.63, 3.8) is 0 Å². The molecule has 0 radical (unpaired) electrons. The molecule has 0 unspecified atom stereocenters. The van der Waals surface area contributed by atoms with E-state index in [0.717, 1.165) is 24.2 Å². The summed E-state index contributed by atoms with van der Waals surface area (Å²) in [5.41, 5.74) is 2.08. The minimum atomic E-state index is -0.0400. The zero-order chi connectivity index (χ0) is 10.1. The lowest BCUT2D eigenvalue weighted by Gasteiger charge is -2.26. The van der Waals surface area contributed by atoms with E-state index in [9.17, 15) is 4.39 Å². The van der Waals surface area contributed by atoms with E-state index in [4.69, 9.17) is 0 Å². The summed E-state index contributed by atoms with van der Waals surface area (Å²) in [6, 6.07) is 5.69. The molecule has 1 atom stereocenters. The van der Waals surface area contributed by atoms with Crippen molar-refractivity contribution < 1.29 is 14.6 Å². The molecule has 1 aliphatic rings. The van der Waals surface area contributed by atoms with Gasteiger partial charge in [-0.25, -0.2) is 4.39 Å². The highest BCUT2D eigenvalue weighted by Gasteiger charge is 2.30. The molecule has 0 amide bonds. The number of rotatable bonds is 1. The summed E-state index contributed by atoms with van der Waals surface area (Å²) in [5.74, 6) is -0.0400. The Labute approximate surface area is 83.7 Å². The van der Waals surface area contributed by atoms with Gasteiger partial charge in [-0.05, 0) is 6.07 Å². The van der Waals surface area contributed by atoms with Gasteiger partial charge in [0.15, 0.2) is 6.04 Å². The zero-order valence-corrected chi connectivity index (χ0v) is 8.68. The molecular formula is C11H17FN2+2. The van der Waals surface area contributed by atoms with Gasteiger partial charge in [0.1, 0.15) is 18.9 Å². The highest BCUT2D eigenvalue weighted by molar-refractivity contribution is 5.30. The smallest absolute Gasteiger partial charge is 0.165 e. The summed E-state index contributed by atoms with van der Waals surface area (Å²) in [4.78, 5) is 1.30. The molecule has 0 aliphatic carbocycles. The first-order chi connectivity index (χ1) is 6.70. The zero-order valence-electron chi connectivity index (χ0n) is 8.68. The monoisotopic (exact) mass is 196 g/mol. The molecule has 0 aromatic heterocycles. The molecule has 3 heteroatoms. The standard InChI is InChI=1S/C11H15FN2/c1-14(2)10-7-13-6-8-4-3-5-9(12)11(8)10/h3-5,10,13H,6-7H2,1-2H3/p+2/t10-/m1/s1. The summed E-state index contributed by atoms with van der Waals surface area (Å²) in [7, 11) is 4.17. The molecule has 1 aromatic rings. The molecule has 1 aromatic carbocycles. The van der Waals surface area contributed by atoms with Gasteiger partial charge in [-0.2, -0.15) is 0 Å². The first kappa shape index (κ1) is 9.62. The maximum atomic E-state index is 13.7. The van der Waals surface area contributed by atoms with Crippen LogP contribution in [0.15, 0.2) is 18.2 Å². The molecule has 3 N–H and O–H groups in total. The van der Waals surface area contributed by atoms with Gasteiger partial charge in [0, 0.05) is 5.56 Å². The van der Waals surface area contributed by atoms with Crippen LogP contribution in [0.5, 0.6) is 0 Å². The van der Waals surface area contributed by atoms with Crippen molar-refractivity contribution >= 4 is 0 Å². The second-order valence-electron chi connectivity index (χ2n) is 4.17. The Morgan fingerprint density at radius 3 is 2.93 bits per heavy atom. The SMILES string of the molecule is C[NH+](C)[C@@H]1C[NH2+]Cc2cccc(F)c21. The van der Waals surface area contributed by atoms with Crippen molar-refractivity contribution in [1.82, 2.24) is 0 Å². The van der Waals surface area contributed by atoms with E-state index >= 15 is 0 Å². The Morgan fingerprint density at radius 1 is 1.43 bits per heavy atom. The summed E-state index contributed by atoms with van der Waals surface area (Å²) in [6.07, 6.45) is 0. The lowest BCUT2D eigenvalue weighted by atomic mass is 9.95. The molecule has 14 heavy (non-hydrogen) atoms. The Morgan fingerprint density at radius 2 is 2.21 bits per heavy atom. The lowest BCUT2D eigenvalue weighted by Crippen LogP contribution is -3.10. The Kier molecular flexibility index (Phi) is 2.52. The highest BCUT2D eigenvalue weighted by Crippen LogP contribution is 2.20. The van der Waals surface area contributed by atoms with Crippen LogP contribution in [0.2, 0.25) is 0 Å². The van der Waals surface area contributed by atoms with Crippen molar-refractivity contribution in [2.75, 3.05) is 20.6 Å². The Balaban J connectivity index is 2.47. The van der Waals surface area contributed by atoms with Crippen LogP contribution < -0.4 is 10.2 Å². The predicted molar refractivity (Wildman–Crippen MR) is 52.4 cm³/mol. The molecule has 1 heterocycles. The number of nitrogens with two attached hydrogens (primary N) is 1. The fourth-order valence-corrected chi connectivity index (χ4v) is 2.20. The minimum absolute atomic E-state index is 0.0400. The second-order valence-corrected chi connectivity index (χ2v) is 4.17. The van der Waals surface area contributed by atoms with E-state index < -0.39 is 0 Å². The summed E-state index contributed by atoms with van der Waals surface area (Å²) in [5, 5.41) is 2.25. The van der Waals surface area contributed by atoms with Gasteiger partial charge in [-0.15, -0.1) is 0 Å². The first-order valence-corrected chi connectivity index (χ1v) is 5.09. The molecule has 1 aliphatic heterocycles. The van der Waals surface area contributed by atoms with Crippen molar-refractivity contribution in [2.45, 2.75) is 12.6 Å². The fraction of sp³-hybridized carbons (Fsp3) is 0.455. The number of benzene rings is 1. The molecular weight excluding hydrogens is 179 g/mol. The van der Waals surface area contributed by atoms with Gasteiger partial charge in [0.25, 0.3) is 0 Å². The third kappa shape index (κ3) is 1.53. The van der Waals surface area contributed by atoms with E-state index in [0.29, 0.717) is 6.04 Å². The maximum Gasteiger partial charge on any atom is 0.165 e. The van der Waals surface area contributed by atoms with Gasteiger partial charge >= 0.3 is 0 Å². The van der Waals surface area contributed by atoms with Crippen molar-refractivity contribution in [2.24, 2.45) is 0 Å². The quantitative estimate of drug-likeness (QED) is 0.580. The van der Waals surface area contributed by atoms with Gasteiger partial charge in [-0.1, -0.05) is 12.1 Å². The van der Waals surface area contributed by atoms with Gasteiger partial charge in [-0.3, -0.25) is 0 Å². The van der Waals surface area contributed by atoms with E-state index in [-0.39, 0.29) is 5.82 Å². The summed E-state index contributed by atoms with van der Waals surface area (Å²) >= 11 is 0. The van der Waals surface area contributed by atoms with Crippen LogP contribution in [0, 0.1) is 5.82 Å². The first-order valence-electron chi connectivity index (χ1n) is 5.09. The Bertz CT molecular complexity index is 336. The molecule has 2 rings (SSSR count). The van der Waals surface area contributed by atoms with E-state index in [1.807, 2.05) is 6.07 Å². The van der Waals surface area contributed by atoms with E-state index in [1.54, 1.807) is 12.1 Å². The van der Waals surface area contributed by atoms with Crippen LogP contribution in [-0.2, 0) is 6.54 Å². The summed E-state index contributed by atoms with van der Waals surface area (Å²) < 4.78 is 13.7. The third-order valence-corrected chi connectivity index (χ3v) is 2.96. The fourth-order valence-electron chi connectivity index (χ4n) is 2.20. The van der Waals surface area contributed by atoms with Gasteiger partial charge in [0.05, 0.1) is 19.7 Å². The van der Waals surface area contributed by atoms with Crippen LogP contribution in [-0.4, -0.2) is 20.6 Å². The molecule has 0 saturated carbocycles. The van der Waals surface area contributed by atoms with Crippen molar-refractivity contribution in [3.8, 4) is 0 Å². The highest BCUT2D eigenvalue weighted by atomic mass is 19.1. The van der Waals surface area contributed by atoms with Gasteiger partial charge < -0.3 is 10.2 Å². The topological polar surface area (TPSA) is 21.1 Å². The minimum Gasteiger partial charge on any atom is -0.337 e. The molecule has 76 valence electrons. The normalized spacial score (nSPS) is 21.0. The van der Waals surface area contributed by atoms with Crippen LogP contribution in [0.1, 0.15) is 17.2 Å². The molecule has 0 bridgehead atoms. The maximum absolute atomic E-state index is 13.7. The average molecular weight is 196 g/mol. The van der Waals surface area contributed by atoms with Crippen LogP contribution in [0.3, 0.4) is 0 Å². The van der Waals surface area contributed by atoms with Crippen molar-refractivity contribution in [1.29, 1.82) is 0 Å². The second kappa shape index (κ2) is 3.67. The molecule has 0 fully saturated rings. The van der Waals surface area contributed by atoms with Crippen LogP contribution in [0.25, 0.3) is 0 Å². The van der Waals surface area contributed by atoms with E-state index in [1.165, 1.54) is 4.90 Å². The number of fused-ring (bicyclic) bond motifs is 1. The molecule has 2 nitrogen and oxygen atoms in total. The van der Waals surface area contributed by atoms with Crippen LogP contribution >= 0.6 is 0 Å². The average Bonchev–Trinajstić information content (AvgIpc) is 2.17. The van der Waals surface area contributed by atoms with Crippen molar-refractivity contribution in [3.05, 3.63) is 35.1 Å². The van der Waals surface area contributed by atoms with Crippen LogP contribution in [0.4, 0.5) is 4.39 Å². The lowest BCUT2D eigenvalue weighted by molar-refractivity contribution is -0.913. The number of halogens is 1. The van der Waals surface area contributed by atoms with E-state index in [2.05, 4.69) is 19.4 Å². The number of likely N-dealkylation sites (N-methyl/N-ethyl adjacent to an activating group) is 1. The molecule has 0 saturated heterocycles.